The Morgan fingerprint density at radius 1 is 1.11 bits per heavy atom. The van der Waals surface area contributed by atoms with E-state index >= 15 is 0 Å². The summed E-state index contributed by atoms with van der Waals surface area (Å²) in [6, 6.07) is 12.0. The molecule has 0 fully saturated rings. The van der Waals surface area contributed by atoms with Crippen LogP contribution in [0, 0.1) is 5.82 Å². The Bertz CT molecular complexity index is 1030. The van der Waals surface area contributed by atoms with Gasteiger partial charge in [-0.2, -0.15) is 5.10 Å². The molecule has 0 atom stereocenters. The monoisotopic (exact) mass is 363 g/mol. The second-order valence-electron chi connectivity index (χ2n) is 6.30. The van der Waals surface area contributed by atoms with Crippen molar-refractivity contribution in [1.82, 2.24) is 19.2 Å². The van der Waals surface area contributed by atoms with Crippen LogP contribution in [0.25, 0.3) is 5.65 Å². The lowest BCUT2D eigenvalue weighted by Crippen LogP contribution is -2.12. The molecule has 3 heterocycles. The zero-order chi connectivity index (χ0) is 18.6. The molecule has 27 heavy (non-hydrogen) atoms. The number of aromatic nitrogens is 4. The second-order valence-corrected chi connectivity index (χ2v) is 6.30. The Balaban J connectivity index is 1.33. The predicted molar refractivity (Wildman–Crippen MR) is 99.9 cm³/mol. The molecule has 136 valence electrons. The molecule has 1 amide bonds. The van der Waals surface area contributed by atoms with Gasteiger partial charge in [-0.15, -0.1) is 0 Å². The summed E-state index contributed by atoms with van der Waals surface area (Å²) in [7, 11) is 0. The van der Waals surface area contributed by atoms with Crippen molar-refractivity contribution in [2.24, 2.45) is 0 Å². The molecule has 1 aromatic carbocycles. The lowest BCUT2D eigenvalue weighted by Gasteiger charge is -2.03. The molecule has 7 heteroatoms. The fourth-order valence-corrected chi connectivity index (χ4v) is 2.88. The van der Waals surface area contributed by atoms with Crippen molar-refractivity contribution in [2.45, 2.75) is 19.4 Å². The number of hydrogen-bond donors (Lipinski definition) is 1. The van der Waals surface area contributed by atoms with Crippen LogP contribution in [-0.4, -0.2) is 25.1 Å². The van der Waals surface area contributed by atoms with Crippen LogP contribution >= 0.6 is 0 Å². The lowest BCUT2D eigenvalue weighted by atomic mass is 10.1. The molecule has 0 unspecified atom stereocenters. The molecule has 0 bridgehead atoms. The van der Waals surface area contributed by atoms with Gasteiger partial charge in [0.2, 0.25) is 5.91 Å². The largest absolute Gasteiger partial charge is 0.323 e. The summed E-state index contributed by atoms with van der Waals surface area (Å²) in [5, 5.41) is 7.11. The summed E-state index contributed by atoms with van der Waals surface area (Å²) in [5.74, 6) is -0.382. The van der Waals surface area contributed by atoms with Crippen LogP contribution in [0.15, 0.2) is 67.3 Å². The normalized spacial score (nSPS) is 11.0. The Labute approximate surface area is 155 Å². The number of benzene rings is 1. The van der Waals surface area contributed by atoms with Gasteiger partial charge in [0.25, 0.3) is 0 Å². The van der Waals surface area contributed by atoms with E-state index in [0.717, 1.165) is 16.9 Å². The minimum absolute atomic E-state index is 0.105. The smallest absolute Gasteiger partial charge is 0.224 e. The van der Waals surface area contributed by atoms with Crippen LogP contribution in [0.4, 0.5) is 10.1 Å². The third-order valence-corrected chi connectivity index (χ3v) is 4.21. The van der Waals surface area contributed by atoms with Gasteiger partial charge in [-0.1, -0.05) is 18.2 Å². The number of fused-ring (bicyclic) bond motifs is 1. The average molecular weight is 363 g/mol. The molecule has 0 aliphatic rings. The van der Waals surface area contributed by atoms with Crippen molar-refractivity contribution in [3.8, 4) is 0 Å². The van der Waals surface area contributed by atoms with Gasteiger partial charge in [-0.3, -0.25) is 9.48 Å². The number of nitrogens with zero attached hydrogens (tertiary/aromatic N) is 4. The molecule has 0 saturated carbocycles. The number of amides is 1. The number of imidazole rings is 1. The predicted octanol–water partition coefficient (Wildman–Crippen LogP) is 3.29. The van der Waals surface area contributed by atoms with Crippen molar-refractivity contribution >= 4 is 17.2 Å². The zero-order valence-corrected chi connectivity index (χ0v) is 14.5. The van der Waals surface area contributed by atoms with E-state index in [9.17, 15) is 9.18 Å². The van der Waals surface area contributed by atoms with Crippen LogP contribution in [0.1, 0.15) is 17.7 Å². The summed E-state index contributed by atoms with van der Waals surface area (Å²) in [6.07, 6.45) is 8.18. The number of nitrogens with one attached hydrogen (secondary N) is 1. The van der Waals surface area contributed by atoms with E-state index in [2.05, 4.69) is 15.4 Å². The van der Waals surface area contributed by atoms with Gasteiger partial charge < -0.3 is 9.72 Å². The molecular formula is C20H18FN5O. The molecule has 6 nitrogen and oxygen atoms in total. The first-order valence-electron chi connectivity index (χ1n) is 8.65. The van der Waals surface area contributed by atoms with Gasteiger partial charge in [-0.25, -0.2) is 9.37 Å². The van der Waals surface area contributed by atoms with E-state index in [-0.39, 0.29) is 11.7 Å². The highest BCUT2D eigenvalue weighted by molar-refractivity contribution is 5.90. The van der Waals surface area contributed by atoms with Crippen LogP contribution < -0.4 is 5.32 Å². The SMILES string of the molecule is O=C(CCc1ccc(F)cc1)Nc1cnn(Cc2cn3ccccc3n2)c1. The topological polar surface area (TPSA) is 64.2 Å². The van der Waals surface area contributed by atoms with Gasteiger partial charge in [0.1, 0.15) is 11.5 Å². The number of halogens is 1. The Morgan fingerprint density at radius 3 is 2.78 bits per heavy atom. The molecular weight excluding hydrogens is 345 g/mol. The fourth-order valence-electron chi connectivity index (χ4n) is 2.88. The number of carbonyl (C=O) groups excluding carboxylic acids is 1. The van der Waals surface area contributed by atoms with E-state index < -0.39 is 0 Å². The Hall–Kier alpha value is -3.48. The van der Waals surface area contributed by atoms with Crippen LogP contribution in [0.2, 0.25) is 0 Å². The average Bonchev–Trinajstić information content (AvgIpc) is 3.27. The Morgan fingerprint density at radius 2 is 1.96 bits per heavy atom. The highest BCUT2D eigenvalue weighted by Crippen LogP contribution is 2.11. The van der Waals surface area contributed by atoms with E-state index in [1.165, 1.54) is 12.1 Å². The van der Waals surface area contributed by atoms with Crippen molar-refractivity contribution in [2.75, 3.05) is 5.32 Å². The summed E-state index contributed by atoms with van der Waals surface area (Å²) < 4.78 is 16.6. The number of rotatable bonds is 6. The number of carbonyl (C=O) groups is 1. The summed E-state index contributed by atoms with van der Waals surface area (Å²) in [6.45, 7) is 0.521. The summed E-state index contributed by atoms with van der Waals surface area (Å²) in [4.78, 5) is 16.6. The first-order valence-corrected chi connectivity index (χ1v) is 8.65. The van der Waals surface area contributed by atoms with Gasteiger partial charge in [-0.05, 0) is 36.2 Å². The number of anilines is 1. The number of aryl methyl sites for hydroxylation is 1. The first kappa shape index (κ1) is 17.0. The van der Waals surface area contributed by atoms with Crippen LogP contribution in [-0.2, 0) is 17.8 Å². The zero-order valence-electron chi connectivity index (χ0n) is 14.5. The van der Waals surface area contributed by atoms with Crippen molar-refractivity contribution in [3.63, 3.8) is 0 Å². The van der Waals surface area contributed by atoms with Gasteiger partial charge in [0.05, 0.1) is 24.1 Å². The number of hydrogen-bond acceptors (Lipinski definition) is 3. The van der Waals surface area contributed by atoms with Gasteiger partial charge in [0, 0.05) is 25.0 Å². The maximum Gasteiger partial charge on any atom is 0.224 e. The molecule has 1 N–H and O–H groups in total. The van der Waals surface area contributed by atoms with Gasteiger partial charge in [0.15, 0.2) is 0 Å². The maximum absolute atomic E-state index is 12.9. The molecule has 0 spiro atoms. The van der Waals surface area contributed by atoms with Crippen molar-refractivity contribution in [3.05, 3.63) is 84.3 Å². The molecule has 0 saturated heterocycles. The number of pyridine rings is 1. The van der Waals surface area contributed by atoms with E-state index in [1.54, 1.807) is 29.2 Å². The molecule has 4 aromatic rings. The summed E-state index contributed by atoms with van der Waals surface area (Å²) in [5.41, 5.74) is 3.34. The maximum atomic E-state index is 12.9. The Kier molecular flexibility index (Phi) is 4.65. The fraction of sp³-hybridized carbons (Fsp3) is 0.150. The molecule has 4 rings (SSSR count). The van der Waals surface area contributed by atoms with Crippen molar-refractivity contribution < 1.29 is 9.18 Å². The summed E-state index contributed by atoms with van der Waals surface area (Å²) >= 11 is 0. The van der Waals surface area contributed by atoms with Crippen molar-refractivity contribution in [1.29, 1.82) is 0 Å². The minimum atomic E-state index is -0.277. The molecule has 0 aliphatic heterocycles. The quantitative estimate of drug-likeness (QED) is 0.572. The van der Waals surface area contributed by atoms with Crippen LogP contribution in [0.3, 0.4) is 0 Å². The molecule has 3 aromatic heterocycles. The lowest BCUT2D eigenvalue weighted by molar-refractivity contribution is -0.116. The first-order chi connectivity index (χ1) is 13.2. The molecule has 0 aliphatic carbocycles. The highest BCUT2D eigenvalue weighted by atomic mass is 19.1. The standard InChI is InChI=1S/C20H18FN5O/c21-16-7-4-15(5-8-16)6-9-20(27)24-17-11-22-26(13-17)14-18-12-25-10-2-1-3-19(25)23-18/h1-5,7-8,10-13H,6,9,14H2,(H,24,27). The van der Waals surface area contributed by atoms with Crippen LogP contribution in [0.5, 0.6) is 0 Å². The second kappa shape index (κ2) is 7.41. The third-order valence-electron chi connectivity index (χ3n) is 4.21. The third kappa shape index (κ3) is 4.20. The van der Waals surface area contributed by atoms with E-state index in [1.807, 2.05) is 35.0 Å². The van der Waals surface area contributed by atoms with E-state index in [0.29, 0.717) is 25.1 Å². The highest BCUT2D eigenvalue weighted by Gasteiger charge is 2.07. The molecule has 0 radical (unpaired) electrons. The van der Waals surface area contributed by atoms with Gasteiger partial charge >= 0.3 is 0 Å². The minimum Gasteiger partial charge on any atom is -0.323 e. The van der Waals surface area contributed by atoms with E-state index in [4.69, 9.17) is 0 Å².